The van der Waals surface area contributed by atoms with Gasteiger partial charge in [0.1, 0.15) is 0 Å². The molecule has 2 aliphatic rings. The van der Waals surface area contributed by atoms with Gasteiger partial charge >= 0.3 is 5.97 Å². The van der Waals surface area contributed by atoms with Crippen LogP contribution in [0.25, 0.3) is 11.3 Å². The smallest absolute Gasteiger partial charge is 0.337 e. The maximum Gasteiger partial charge on any atom is 0.337 e. The largest absolute Gasteiger partial charge is 0.465 e. The summed E-state index contributed by atoms with van der Waals surface area (Å²) in [6.07, 6.45) is 6.32. The lowest BCUT2D eigenvalue weighted by atomic mass is 9.84. The molecule has 1 aliphatic carbocycles. The van der Waals surface area contributed by atoms with Gasteiger partial charge in [-0.3, -0.25) is 4.79 Å². The van der Waals surface area contributed by atoms with E-state index >= 15 is 0 Å². The van der Waals surface area contributed by atoms with E-state index in [2.05, 4.69) is 0 Å². The van der Waals surface area contributed by atoms with Crippen molar-refractivity contribution in [3.63, 3.8) is 0 Å². The van der Waals surface area contributed by atoms with E-state index < -0.39 is 9.84 Å². The highest BCUT2D eigenvalue weighted by Gasteiger charge is 2.47. The molecule has 0 N–H and O–H groups in total. The molecular formula is C30H32N2O5S. The van der Waals surface area contributed by atoms with E-state index in [-0.39, 0.29) is 22.2 Å². The number of esters is 1. The van der Waals surface area contributed by atoms with Crippen LogP contribution in [-0.4, -0.2) is 45.2 Å². The summed E-state index contributed by atoms with van der Waals surface area (Å²) in [6.45, 7) is 2.60. The minimum Gasteiger partial charge on any atom is -0.465 e. The predicted octanol–water partition coefficient (Wildman–Crippen LogP) is 5.04. The second-order valence-corrected chi connectivity index (χ2v) is 12.5. The molecule has 2 heterocycles. The number of pyridine rings is 1. The molecule has 1 aliphatic heterocycles. The molecule has 1 amide bonds. The summed E-state index contributed by atoms with van der Waals surface area (Å²) in [5.74, 6) is -0.317. The second-order valence-electron chi connectivity index (χ2n) is 10.5. The van der Waals surface area contributed by atoms with Gasteiger partial charge in [0.05, 0.1) is 34.6 Å². The number of hydrogen-bond acceptors (Lipinski definition) is 6. The molecule has 0 atom stereocenters. The number of benzene rings is 2. The third-order valence-corrected chi connectivity index (χ3v) is 9.02. The molecule has 8 heteroatoms. The molecule has 1 fully saturated rings. The van der Waals surface area contributed by atoms with E-state index in [9.17, 15) is 18.0 Å². The molecule has 198 valence electrons. The Hall–Kier alpha value is -3.52. The quantitative estimate of drug-likeness (QED) is 0.413. The van der Waals surface area contributed by atoms with Crippen LogP contribution in [0.4, 0.5) is 5.69 Å². The van der Waals surface area contributed by atoms with Crippen LogP contribution in [0.3, 0.4) is 0 Å². The number of hydrogen-bond donors (Lipinski definition) is 0. The van der Waals surface area contributed by atoms with Crippen LogP contribution in [-0.2, 0) is 31.2 Å². The van der Waals surface area contributed by atoms with Crippen molar-refractivity contribution in [3.05, 3.63) is 77.0 Å². The highest BCUT2D eigenvalue weighted by atomic mass is 32.2. The molecule has 3 aromatic rings. The summed E-state index contributed by atoms with van der Waals surface area (Å²) in [7, 11) is -1.88. The Morgan fingerprint density at radius 3 is 2.37 bits per heavy atom. The monoisotopic (exact) mass is 532 g/mol. The Morgan fingerprint density at radius 2 is 1.74 bits per heavy atom. The van der Waals surface area contributed by atoms with Crippen LogP contribution in [0.5, 0.6) is 0 Å². The molecule has 0 radical (unpaired) electrons. The molecule has 1 spiro atoms. The van der Waals surface area contributed by atoms with Crippen molar-refractivity contribution in [2.24, 2.45) is 0 Å². The molecular weight excluding hydrogens is 500 g/mol. The SMILES string of the molecule is COC(=O)c1ccc(-c2ccc3c(n2)C2(CCCC2)CN3C(=O)CCc2ccc(S(C)(=O)=O)cc2)c(C)c1. The normalized spacial score (nSPS) is 16.0. The van der Waals surface area contributed by atoms with Gasteiger partial charge in [0.2, 0.25) is 5.91 Å². The maximum atomic E-state index is 13.4. The zero-order valence-corrected chi connectivity index (χ0v) is 22.8. The standard InChI is InChI=1S/C30H32N2O5S/c1-20-18-22(29(34)37-2)9-12-24(20)25-13-14-26-28(31-25)30(16-4-5-17-30)19-32(26)27(33)15-8-21-6-10-23(11-7-21)38(3,35)36/h6-7,9-14,18H,4-5,8,15-17,19H2,1-3H3. The number of carbonyl (C=O) groups is 2. The number of amides is 1. The van der Waals surface area contributed by atoms with Gasteiger partial charge in [0.25, 0.3) is 0 Å². The van der Waals surface area contributed by atoms with Crippen LogP contribution in [0.15, 0.2) is 59.5 Å². The zero-order valence-electron chi connectivity index (χ0n) is 22.0. The van der Waals surface area contributed by atoms with Crippen molar-refractivity contribution >= 4 is 27.4 Å². The molecule has 0 unspecified atom stereocenters. The highest BCUT2D eigenvalue weighted by molar-refractivity contribution is 7.90. The fraction of sp³-hybridized carbons (Fsp3) is 0.367. The van der Waals surface area contributed by atoms with Crippen LogP contribution >= 0.6 is 0 Å². The Bertz CT molecular complexity index is 1510. The first-order valence-electron chi connectivity index (χ1n) is 12.9. The zero-order chi connectivity index (χ0) is 27.1. The van der Waals surface area contributed by atoms with Crippen molar-refractivity contribution in [2.45, 2.75) is 55.8 Å². The summed E-state index contributed by atoms with van der Waals surface area (Å²) >= 11 is 0. The summed E-state index contributed by atoms with van der Waals surface area (Å²) in [5, 5.41) is 0. The van der Waals surface area contributed by atoms with Crippen LogP contribution in [0.2, 0.25) is 0 Å². The molecule has 38 heavy (non-hydrogen) atoms. The molecule has 2 aromatic carbocycles. The van der Waals surface area contributed by atoms with Crippen LogP contribution < -0.4 is 4.90 Å². The Labute approximate surface area is 223 Å². The Balaban J connectivity index is 1.40. The fourth-order valence-corrected chi connectivity index (χ4v) is 6.46. The number of rotatable bonds is 6. The lowest BCUT2D eigenvalue weighted by Gasteiger charge is -2.24. The predicted molar refractivity (Wildman–Crippen MR) is 146 cm³/mol. The third kappa shape index (κ3) is 4.85. The molecule has 1 saturated carbocycles. The van der Waals surface area contributed by atoms with Gasteiger partial charge in [-0.1, -0.05) is 31.0 Å². The number of anilines is 1. The number of carbonyl (C=O) groups excluding carboxylic acids is 2. The molecule has 0 bridgehead atoms. The van der Waals surface area contributed by atoms with Crippen molar-refractivity contribution in [1.82, 2.24) is 4.98 Å². The minimum absolute atomic E-state index is 0.0513. The first kappa shape index (κ1) is 26.1. The van der Waals surface area contributed by atoms with Gasteiger partial charge in [-0.2, -0.15) is 0 Å². The average Bonchev–Trinajstić information content (AvgIpc) is 3.51. The number of nitrogens with zero attached hydrogens (tertiary/aromatic N) is 2. The average molecular weight is 533 g/mol. The van der Waals surface area contributed by atoms with Gasteiger partial charge in [-0.15, -0.1) is 0 Å². The van der Waals surface area contributed by atoms with Gasteiger partial charge in [-0.25, -0.2) is 18.2 Å². The van der Waals surface area contributed by atoms with Gasteiger partial charge in [-0.05, 0) is 73.7 Å². The van der Waals surface area contributed by atoms with Crippen molar-refractivity contribution in [3.8, 4) is 11.3 Å². The van der Waals surface area contributed by atoms with E-state index in [1.54, 1.807) is 30.3 Å². The second kappa shape index (κ2) is 9.98. The molecule has 5 rings (SSSR count). The molecule has 7 nitrogen and oxygen atoms in total. The fourth-order valence-electron chi connectivity index (χ4n) is 5.83. The number of ether oxygens (including phenoxy) is 1. The number of sulfone groups is 1. The summed E-state index contributed by atoms with van der Waals surface area (Å²) < 4.78 is 28.3. The van der Waals surface area contributed by atoms with Crippen molar-refractivity contribution in [1.29, 1.82) is 0 Å². The van der Waals surface area contributed by atoms with Gasteiger partial charge in [0, 0.05) is 30.2 Å². The number of aryl methyl sites for hydroxylation is 2. The summed E-state index contributed by atoms with van der Waals surface area (Å²) in [4.78, 5) is 32.7. The van der Waals surface area contributed by atoms with E-state index in [1.807, 2.05) is 36.1 Å². The van der Waals surface area contributed by atoms with E-state index in [4.69, 9.17) is 9.72 Å². The number of fused-ring (bicyclic) bond motifs is 2. The van der Waals surface area contributed by atoms with Crippen molar-refractivity contribution in [2.75, 3.05) is 24.8 Å². The number of methoxy groups -OCH3 is 1. The van der Waals surface area contributed by atoms with E-state index in [0.29, 0.717) is 24.9 Å². The summed E-state index contributed by atoms with van der Waals surface area (Å²) in [5.41, 5.74) is 5.92. The molecule has 1 aromatic heterocycles. The van der Waals surface area contributed by atoms with Crippen molar-refractivity contribution < 1.29 is 22.7 Å². The lowest BCUT2D eigenvalue weighted by molar-refractivity contribution is -0.118. The maximum absolute atomic E-state index is 13.4. The molecule has 0 saturated heterocycles. The highest BCUT2D eigenvalue weighted by Crippen LogP contribution is 2.50. The Morgan fingerprint density at radius 1 is 1.03 bits per heavy atom. The number of aromatic nitrogens is 1. The van der Waals surface area contributed by atoms with Gasteiger partial charge in [0.15, 0.2) is 9.84 Å². The van der Waals surface area contributed by atoms with Crippen LogP contribution in [0.1, 0.15) is 59.3 Å². The third-order valence-electron chi connectivity index (χ3n) is 7.89. The van der Waals surface area contributed by atoms with E-state index in [1.165, 1.54) is 13.4 Å². The van der Waals surface area contributed by atoms with Crippen LogP contribution in [0, 0.1) is 6.92 Å². The van der Waals surface area contributed by atoms with E-state index in [0.717, 1.165) is 59.4 Å². The summed E-state index contributed by atoms with van der Waals surface area (Å²) in [6, 6.07) is 16.2. The van der Waals surface area contributed by atoms with Gasteiger partial charge < -0.3 is 9.64 Å². The first-order valence-corrected chi connectivity index (χ1v) is 14.8. The Kier molecular flexibility index (Phi) is 6.86. The lowest BCUT2D eigenvalue weighted by Crippen LogP contribution is -2.35. The topological polar surface area (TPSA) is 93.6 Å². The minimum atomic E-state index is -3.25. The first-order chi connectivity index (χ1) is 18.1.